The second kappa shape index (κ2) is 6.42. The molecule has 3 heteroatoms. The van der Waals surface area contributed by atoms with Crippen molar-refractivity contribution in [3.8, 4) is 0 Å². The molecular weight excluding hydrogens is 284 g/mol. The molecule has 1 aromatic carbocycles. The molecule has 3 heterocycles. The van der Waals surface area contributed by atoms with Crippen LogP contribution in [0.15, 0.2) is 54.9 Å². The quantitative estimate of drug-likeness (QED) is 0.866. The number of piperidine rings is 1. The molecule has 0 bridgehead atoms. The Bertz CT molecular complexity index is 631. The Kier molecular flexibility index (Phi) is 4.15. The van der Waals surface area contributed by atoms with Gasteiger partial charge in [-0.3, -0.25) is 9.88 Å². The van der Waals surface area contributed by atoms with Gasteiger partial charge in [0.05, 0.1) is 12.2 Å². The molecule has 2 atom stereocenters. The minimum absolute atomic E-state index is 0.0613. The predicted molar refractivity (Wildman–Crippen MR) is 91.2 cm³/mol. The number of pyridine rings is 1. The molecule has 120 valence electrons. The van der Waals surface area contributed by atoms with Crippen molar-refractivity contribution in [2.75, 3.05) is 19.7 Å². The zero-order valence-electron chi connectivity index (χ0n) is 13.5. The van der Waals surface area contributed by atoms with E-state index in [4.69, 9.17) is 4.74 Å². The molecule has 0 saturated carbocycles. The highest BCUT2D eigenvalue weighted by atomic mass is 16.5. The topological polar surface area (TPSA) is 25.4 Å². The van der Waals surface area contributed by atoms with Gasteiger partial charge in [-0.2, -0.15) is 0 Å². The molecule has 3 nitrogen and oxygen atoms in total. The fourth-order valence-corrected chi connectivity index (χ4v) is 4.14. The number of rotatable bonds is 3. The molecular formula is C20H24N2O. The molecule has 0 N–H and O–H groups in total. The fraction of sp³-hybridized carbons (Fsp3) is 0.450. The summed E-state index contributed by atoms with van der Waals surface area (Å²) < 4.78 is 6.36. The largest absolute Gasteiger partial charge is 0.373 e. The van der Waals surface area contributed by atoms with Gasteiger partial charge in [0.25, 0.3) is 0 Å². The summed E-state index contributed by atoms with van der Waals surface area (Å²) in [6, 6.07) is 15.1. The van der Waals surface area contributed by atoms with Crippen molar-refractivity contribution in [1.82, 2.24) is 9.88 Å². The summed E-state index contributed by atoms with van der Waals surface area (Å²) in [5, 5.41) is 0. The van der Waals surface area contributed by atoms with Crippen LogP contribution >= 0.6 is 0 Å². The van der Waals surface area contributed by atoms with Gasteiger partial charge in [-0.25, -0.2) is 0 Å². The summed E-state index contributed by atoms with van der Waals surface area (Å²) in [4.78, 5) is 6.66. The highest BCUT2D eigenvalue weighted by Gasteiger charge is 2.43. The van der Waals surface area contributed by atoms with Gasteiger partial charge in [0.1, 0.15) is 0 Å². The normalized spacial score (nSPS) is 28.3. The van der Waals surface area contributed by atoms with Crippen LogP contribution in [0.3, 0.4) is 0 Å². The van der Waals surface area contributed by atoms with Crippen LogP contribution in [0.1, 0.15) is 36.3 Å². The second-order valence-electron chi connectivity index (χ2n) is 6.98. The Labute approximate surface area is 138 Å². The lowest BCUT2D eigenvalue weighted by molar-refractivity contribution is -0.0533. The van der Waals surface area contributed by atoms with Crippen LogP contribution < -0.4 is 0 Å². The summed E-state index contributed by atoms with van der Waals surface area (Å²) in [5.74, 6) is 0.553. The number of hydrogen-bond acceptors (Lipinski definition) is 3. The first-order valence-corrected chi connectivity index (χ1v) is 8.63. The second-order valence-corrected chi connectivity index (χ2v) is 6.98. The smallest absolute Gasteiger partial charge is 0.0816 e. The molecule has 0 amide bonds. The van der Waals surface area contributed by atoms with Gasteiger partial charge in [0.2, 0.25) is 0 Å². The van der Waals surface area contributed by atoms with Crippen molar-refractivity contribution in [2.24, 2.45) is 0 Å². The van der Waals surface area contributed by atoms with Crippen LogP contribution in [-0.2, 0) is 11.3 Å². The highest BCUT2D eigenvalue weighted by Crippen LogP contribution is 2.41. The minimum Gasteiger partial charge on any atom is -0.373 e. The van der Waals surface area contributed by atoms with E-state index < -0.39 is 0 Å². The van der Waals surface area contributed by atoms with E-state index in [-0.39, 0.29) is 5.60 Å². The first-order chi connectivity index (χ1) is 11.3. The van der Waals surface area contributed by atoms with Gasteiger partial charge in [0.15, 0.2) is 0 Å². The molecule has 2 aliphatic rings. The molecule has 1 spiro atoms. The van der Waals surface area contributed by atoms with Crippen molar-refractivity contribution < 1.29 is 4.74 Å². The molecule has 0 unspecified atom stereocenters. The third-order valence-corrected chi connectivity index (χ3v) is 5.25. The van der Waals surface area contributed by atoms with Gasteiger partial charge in [0, 0.05) is 31.4 Å². The molecule has 0 radical (unpaired) electrons. The summed E-state index contributed by atoms with van der Waals surface area (Å²) in [6.07, 6.45) is 7.35. The van der Waals surface area contributed by atoms with Gasteiger partial charge >= 0.3 is 0 Å². The van der Waals surface area contributed by atoms with Crippen LogP contribution in [-0.4, -0.2) is 35.2 Å². The first-order valence-electron chi connectivity index (χ1n) is 8.63. The number of ether oxygens (including phenoxy) is 1. The molecule has 2 saturated heterocycles. The molecule has 23 heavy (non-hydrogen) atoms. The van der Waals surface area contributed by atoms with Crippen molar-refractivity contribution in [2.45, 2.75) is 37.3 Å². The Hall–Kier alpha value is -1.71. The predicted octanol–water partition coefficient (Wildman–Crippen LogP) is 3.62. The van der Waals surface area contributed by atoms with E-state index in [2.05, 4.69) is 52.3 Å². The monoisotopic (exact) mass is 308 g/mol. The summed E-state index contributed by atoms with van der Waals surface area (Å²) >= 11 is 0. The zero-order valence-corrected chi connectivity index (χ0v) is 13.5. The van der Waals surface area contributed by atoms with E-state index in [0.29, 0.717) is 5.92 Å². The lowest BCUT2D eigenvalue weighted by Gasteiger charge is -2.40. The summed E-state index contributed by atoms with van der Waals surface area (Å²) in [7, 11) is 0. The standard InChI is InChI=1S/C20H24N2O/c1-2-5-18(6-3-1)19-13-20(23-15-19)9-4-12-22(16-20)14-17-7-10-21-11-8-17/h1-3,5-8,10-11,19H,4,9,12-16H2/t19-,20+/m0/s1. The van der Waals surface area contributed by atoms with Crippen molar-refractivity contribution in [3.05, 3.63) is 66.0 Å². The lowest BCUT2D eigenvalue weighted by Crippen LogP contribution is -2.47. The van der Waals surface area contributed by atoms with E-state index in [9.17, 15) is 0 Å². The van der Waals surface area contributed by atoms with Gasteiger partial charge in [-0.15, -0.1) is 0 Å². The van der Waals surface area contributed by atoms with Crippen LogP contribution in [0.2, 0.25) is 0 Å². The zero-order chi connectivity index (χ0) is 15.5. The Balaban J connectivity index is 1.43. The van der Waals surface area contributed by atoms with Crippen LogP contribution in [0.25, 0.3) is 0 Å². The van der Waals surface area contributed by atoms with Gasteiger partial charge < -0.3 is 4.74 Å². The average molecular weight is 308 g/mol. The van der Waals surface area contributed by atoms with Gasteiger partial charge in [-0.1, -0.05) is 30.3 Å². The highest BCUT2D eigenvalue weighted by molar-refractivity contribution is 5.22. The maximum Gasteiger partial charge on any atom is 0.0816 e. The van der Waals surface area contributed by atoms with E-state index in [1.54, 1.807) is 0 Å². The Morgan fingerprint density at radius 1 is 1.13 bits per heavy atom. The molecule has 2 aliphatic heterocycles. The summed E-state index contributed by atoms with van der Waals surface area (Å²) in [5.41, 5.74) is 2.83. The molecule has 2 fully saturated rings. The third kappa shape index (κ3) is 3.31. The number of likely N-dealkylation sites (tertiary alicyclic amines) is 1. The van der Waals surface area contributed by atoms with Crippen molar-refractivity contribution in [3.63, 3.8) is 0 Å². The summed E-state index contributed by atoms with van der Waals surface area (Å²) in [6.45, 7) is 4.10. The lowest BCUT2D eigenvalue weighted by atomic mass is 9.84. The molecule has 2 aromatic rings. The number of hydrogen-bond donors (Lipinski definition) is 0. The average Bonchev–Trinajstić information content (AvgIpc) is 3.00. The molecule has 1 aromatic heterocycles. The first kappa shape index (κ1) is 14.9. The fourth-order valence-electron chi connectivity index (χ4n) is 4.14. The maximum atomic E-state index is 6.36. The molecule has 0 aliphatic carbocycles. The SMILES string of the molecule is c1ccc([C@@H]2CO[C@]3(CCCN(Cc4ccncc4)C3)C2)cc1. The minimum atomic E-state index is 0.0613. The Morgan fingerprint density at radius 2 is 1.96 bits per heavy atom. The Morgan fingerprint density at radius 3 is 2.78 bits per heavy atom. The number of benzene rings is 1. The van der Waals surface area contributed by atoms with Crippen LogP contribution in [0.4, 0.5) is 0 Å². The van der Waals surface area contributed by atoms with Crippen LogP contribution in [0, 0.1) is 0 Å². The van der Waals surface area contributed by atoms with Crippen molar-refractivity contribution >= 4 is 0 Å². The number of aromatic nitrogens is 1. The van der Waals surface area contributed by atoms with E-state index in [1.165, 1.54) is 30.5 Å². The van der Waals surface area contributed by atoms with Crippen molar-refractivity contribution in [1.29, 1.82) is 0 Å². The van der Waals surface area contributed by atoms with Crippen LogP contribution in [0.5, 0.6) is 0 Å². The van der Waals surface area contributed by atoms with E-state index >= 15 is 0 Å². The van der Waals surface area contributed by atoms with E-state index in [0.717, 1.165) is 26.1 Å². The number of nitrogens with zero attached hydrogens (tertiary/aromatic N) is 2. The van der Waals surface area contributed by atoms with E-state index in [1.807, 2.05) is 12.4 Å². The third-order valence-electron chi connectivity index (χ3n) is 5.25. The van der Waals surface area contributed by atoms with Gasteiger partial charge in [-0.05, 0) is 49.1 Å². The maximum absolute atomic E-state index is 6.36. The molecule has 4 rings (SSSR count).